The molecule has 0 saturated heterocycles. The Morgan fingerprint density at radius 1 is 1.38 bits per heavy atom. The number of ether oxygens (including phenoxy) is 1. The second-order valence-electron chi connectivity index (χ2n) is 6.15. The molecule has 26 heavy (non-hydrogen) atoms. The van der Waals surface area contributed by atoms with Crippen LogP contribution in [0.2, 0.25) is 0 Å². The first-order chi connectivity index (χ1) is 12.7. The van der Waals surface area contributed by atoms with Crippen LogP contribution in [0, 0.1) is 0 Å². The number of hydrogen-bond donors (Lipinski definition) is 2. The molecule has 1 aliphatic heterocycles. The molecule has 0 fully saturated rings. The number of carbonyl (C=O) groups is 2. The Morgan fingerprint density at radius 3 is 2.88 bits per heavy atom. The van der Waals surface area contributed by atoms with E-state index in [0.29, 0.717) is 12.1 Å². The number of benzene rings is 1. The number of carbonyl (C=O) groups excluding carboxylic acids is 2. The van der Waals surface area contributed by atoms with Crippen molar-refractivity contribution in [3.8, 4) is 0 Å². The highest BCUT2D eigenvalue weighted by Gasteiger charge is 2.44. The van der Waals surface area contributed by atoms with Crippen molar-refractivity contribution >= 4 is 34.4 Å². The maximum Gasteiger partial charge on any atom is 0.328 e. The zero-order valence-corrected chi connectivity index (χ0v) is 14.8. The number of aromatic amines is 2. The average Bonchev–Trinajstić information content (AvgIpc) is 3.33. The molecule has 134 valence electrons. The van der Waals surface area contributed by atoms with Crippen molar-refractivity contribution in [2.24, 2.45) is 0 Å². The molecule has 0 radical (unpaired) electrons. The quantitative estimate of drug-likeness (QED) is 0.544. The summed E-state index contributed by atoms with van der Waals surface area (Å²) in [5.41, 5.74) is 3.50. The number of aromatic nitrogens is 3. The summed E-state index contributed by atoms with van der Waals surface area (Å²) in [4.78, 5) is 37.2. The van der Waals surface area contributed by atoms with Gasteiger partial charge in [0.2, 0.25) is 5.91 Å². The maximum absolute atomic E-state index is 12.7. The Labute approximate surface area is 154 Å². The van der Waals surface area contributed by atoms with Crippen LogP contribution in [0.5, 0.6) is 0 Å². The predicted molar refractivity (Wildman–Crippen MR) is 95.8 cm³/mol. The zero-order chi connectivity index (χ0) is 18.3. The zero-order valence-electron chi connectivity index (χ0n) is 14.0. The summed E-state index contributed by atoms with van der Waals surface area (Å²) in [6.45, 7) is 0. The lowest BCUT2D eigenvalue weighted by Crippen LogP contribution is -2.52. The van der Waals surface area contributed by atoms with E-state index in [1.54, 1.807) is 12.5 Å². The fourth-order valence-electron chi connectivity index (χ4n) is 3.73. The van der Waals surface area contributed by atoms with Crippen LogP contribution in [0.3, 0.4) is 0 Å². The summed E-state index contributed by atoms with van der Waals surface area (Å²) in [6.07, 6.45) is 3.55. The summed E-state index contributed by atoms with van der Waals surface area (Å²) in [6, 6.07) is 6.58. The van der Waals surface area contributed by atoms with Crippen LogP contribution < -0.4 is 0 Å². The van der Waals surface area contributed by atoms with E-state index in [2.05, 4.69) is 15.0 Å². The third-order valence-electron chi connectivity index (χ3n) is 4.82. The Kier molecular flexibility index (Phi) is 4.16. The number of nitrogens with one attached hydrogen (secondary N) is 2. The minimum atomic E-state index is -0.758. The number of H-pyrrole nitrogens is 2. The average molecular weight is 373 g/mol. The number of halogens is 1. The number of methoxy groups -OCH3 is 1. The minimum Gasteiger partial charge on any atom is -0.467 e. The molecule has 1 aliphatic rings. The maximum atomic E-state index is 12.7. The van der Waals surface area contributed by atoms with Crippen molar-refractivity contribution in [1.82, 2.24) is 19.9 Å². The van der Waals surface area contributed by atoms with E-state index in [1.165, 1.54) is 12.0 Å². The Morgan fingerprint density at radius 2 is 2.19 bits per heavy atom. The van der Waals surface area contributed by atoms with Crippen molar-refractivity contribution < 1.29 is 14.3 Å². The molecule has 0 bridgehead atoms. The van der Waals surface area contributed by atoms with Gasteiger partial charge in [-0.15, -0.1) is 11.6 Å². The highest BCUT2D eigenvalue weighted by atomic mass is 35.5. The molecule has 7 nitrogen and oxygen atoms in total. The first-order valence-electron chi connectivity index (χ1n) is 8.18. The Hall–Kier alpha value is -2.80. The number of imidazole rings is 1. The van der Waals surface area contributed by atoms with Gasteiger partial charge in [0.1, 0.15) is 18.0 Å². The summed E-state index contributed by atoms with van der Waals surface area (Å²) in [7, 11) is 1.32. The SMILES string of the molecule is COC(=O)[C@@H]1Cc2c([nH]c3ccccc23)C(c2cnc[nH]2)N1C(=O)CCl. The lowest BCUT2D eigenvalue weighted by Gasteiger charge is -2.39. The summed E-state index contributed by atoms with van der Waals surface area (Å²) >= 11 is 5.85. The van der Waals surface area contributed by atoms with Crippen molar-refractivity contribution in [2.75, 3.05) is 13.0 Å². The minimum absolute atomic E-state index is 0.228. The van der Waals surface area contributed by atoms with Gasteiger partial charge in [-0.3, -0.25) is 4.79 Å². The lowest BCUT2D eigenvalue weighted by atomic mass is 9.90. The van der Waals surface area contributed by atoms with Crippen LogP contribution in [0.15, 0.2) is 36.8 Å². The molecule has 2 aromatic heterocycles. The Balaban J connectivity index is 1.97. The van der Waals surface area contributed by atoms with E-state index in [1.807, 2.05) is 24.3 Å². The number of alkyl halides is 1. The van der Waals surface area contributed by atoms with Crippen LogP contribution in [0.1, 0.15) is 23.0 Å². The molecule has 0 saturated carbocycles. The molecular formula is C18H17ClN4O3. The van der Waals surface area contributed by atoms with Gasteiger partial charge in [0.05, 0.1) is 25.3 Å². The number of amides is 1. The number of fused-ring (bicyclic) bond motifs is 3. The first-order valence-corrected chi connectivity index (χ1v) is 8.71. The topological polar surface area (TPSA) is 91.1 Å². The number of esters is 1. The fraction of sp³-hybridized carbons (Fsp3) is 0.278. The van der Waals surface area contributed by atoms with E-state index in [-0.39, 0.29) is 11.8 Å². The van der Waals surface area contributed by atoms with Crippen molar-refractivity contribution in [1.29, 1.82) is 0 Å². The third-order valence-corrected chi connectivity index (χ3v) is 5.05. The largest absolute Gasteiger partial charge is 0.467 e. The fourth-order valence-corrected chi connectivity index (χ4v) is 3.86. The Bertz CT molecular complexity index is 966. The molecular weight excluding hydrogens is 356 g/mol. The normalized spacial score (nSPS) is 19.4. The number of hydrogen-bond acceptors (Lipinski definition) is 4. The van der Waals surface area contributed by atoms with Gasteiger partial charge in [0, 0.05) is 23.0 Å². The summed E-state index contributed by atoms with van der Waals surface area (Å²) in [5, 5.41) is 1.03. The van der Waals surface area contributed by atoms with Gasteiger partial charge >= 0.3 is 5.97 Å². The number of para-hydroxylation sites is 1. The van der Waals surface area contributed by atoms with Gasteiger partial charge in [0.25, 0.3) is 0 Å². The van der Waals surface area contributed by atoms with E-state index >= 15 is 0 Å². The van der Waals surface area contributed by atoms with E-state index < -0.39 is 18.1 Å². The van der Waals surface area contributed by atoms with Crippen LogP contribution >= 0.6 is 11.6 Å². The van der Waals surface area contributed by atoms with Crippen molar-refractivity contribution in [3.63, 3.8) is 0 Å². The second kappa shape index (κ2) is 6.49. The van der Waals surface area contributed by atoms with E-state index in [0.717, 1.165) is 22.2 Å². The van der Waals surface area contributed by atoms with Crippen LogP contribution in [-0.4, -0.2) is 50.8 Å². The molecule has 2 atom stereocenters. The number of nitrogens with zero attached hydrogens (tertiary/aromatic N) is 2. The molecule has 8 heteroatoms. The highest BCUT2D eigenvalue weighted by Crippen LogP contribution is 2.40. The van der Waals surface area contributed by atoms with Gasteiger partial charge in [-0.1, -0.05) is 18.2 Å². The number of rotatable bonds is 3. The molecule has 1 amide bonds. The third kappa shape index (κ3) is 2.47. The van der Waals surface area contributed by atoms with Gasteiger partial charge in [0.15, 0.2) is 0 Å². The molecule has 4 rings (SSSR count). The van der Waals surface area contributed by atoms with Crippen LogP contribution in [0.4, 0.5) is 0 Å². The monoisotopic (exact) mass is 372 g/mol. The van der Waals surface area contributed by atoms with Gasteiger partial charge in [-0.05, 0) is 11.6 Å². The summed E-state index contributed by atoms with van der Waals surface area (Å²) in [5.74, 6) is -1.04. The smallest absolute Gasteiger partial charge is 0.328 e. The molecule has 3 aromatic rings. The molecule has 0 spiro atoms. The van der Waals surface area contributed by atoms with Crippen molar-refractivity contribution in [2.45, 2.75) is 18.5 Å². The standard InChI is InChI=1S/C18H17ClN4O3/c1-26-18(25)14-6-11-10-4-2-3-5-12(10)22-16(11)17(13-8-20-9-21-13)23(14)15(24)7-19/h2-5,8-9,14,17,22H,6-7H2,1H3,(H,20,21)/t14-,17?/m0/s1. The highest BCUT2D eigenvalue weighted by molar-refractivity contribution is 6.27. The van der Waals surface area contributed by atoms with E-state index in [4.69, 9.17) is 16.3 Å². The molecule has 3 heterocycles. The second-order valence-corrected chi connectivity index (χ2v) is 6.42. The molecule has 1 aromatic carbocycles. The van der Waals surface area contributed by atoms with Gasteiger partial charge < -0.3 is 19.6 Å². The van der Waals surface area contributed by atoms with Crippen LogP contribution in [-0.2, 0) is 20.7 Å². The molecule has 1 unspecified atom stereocenters. The first kappa shape index (κ1) is 16.7. The predicted octanol–water partition coefficient (Wildman–Crippen LogP) is 2.15. The molecule has 0 aliphatic carbocycles. The van der Waals surface area contributed by atoms with Gasteiger partial charge in [-0.2, -0.15) is 0 Å². The van der Waals surface area contributed by atoms with E-state index in [9.17, 15) is 9.59 Å². The lowest BCUT2D eigenvalue weighted by molar-refractivity contribution is -0.154. The van der Waals surface area contributed by atoms with Crippen molar-refractivity contribution in [3.05, 3.63) is 53.7 Å². The van der Waals surface area contributed by atoms with Gasteiger partial charge in [-0.25, -0.2) is 9.78 Å². The summed E-state index contributed by atoms with van der Waals surface area (Å²) < 4.78 is 4.97. The molecule has 2 N–H and O–H groups in total. The van der Waals surface area contributed by atoms with Crippen LogP contribution in [0.25, 0.3) is 10.9 Å².